The fourth-order valence-electron chi connectivity index (χ4n) is 1.49. The van der Waals surface area contributed by atoms with E-state index in [9.17, 15) is 19.7 Å². The third-order valence-electron chi connectivity index (χ3n) is 2.74. The van der Waals surface area contributed by atoms with Gasteiger partial charge in [0.15, 0.2) is 6.10 Å². The molecule has 0 aliphatic rings. The van der Waals surface area contributed by atoms with E-state index in [0.717, 1.165) is 18.9 Å². The molecule has 0 amide bonds. The average Bonchev–Trinajstić information content (AvgIpc) is 2.47. The Morgan fingerprint density at radius 3 is 2.68 bits per heavy atom. The zero-order valence-electron chi connectivity index (χ0n) is 12.2. The van der Waals surface area contributed by atoms with Crippen molar-refractivity contribution < 1.29 is 24.0 Å². The topological polar surface area (TPSA) is 95.7 Å². The predicted molar refractivity (Wildman–Crippen MR) is 78.9 cm³/mol. The van der Waals surface area contributed by atoms with Crippen LogP contribution in [0.5, 0.6) is 0 Å². The molecule has 0 heterocycles. The van der Waals surface area contributed by atoms with E-state index < -0.39 is 28.7 Å². The van der Waals surface area contributed by atoms with Crippen LogP contribution in [-0.4, -0.2) is 29.6 Å². The summed E-state index contributed by atoms with van der Waals surface area (Å²) in [5.41, 5.74) is -0.474. The first kappa shape index (κ1) is 17.9. The SMILES string of the molecule is CCCCOC(=O)[C@H](C)OC(=O)c1ccc(Cl)c([N+](=O)[O-])c1. The molecule has 0 fully saturated rings. The van der Waals surface area contributed by atoms with Crippen LogP contribution in [-0.2, 0) is 14.3 Å². The molecule has 1 atom stereocenters. The van der Waals surface area contributed by atoms with Crippen molar-refractivity contribution in [1.82, 2.24) is 0 Å². The Morgan fingerprint density at radius 1 is 1.41 bits per heavy atom. The van der Waals surface area contributed by atoms with E-state index in [1.807, 2.05) is 6.92 Å². The minimum Gasteiger partial charge on any atom is -0.463 e. The Kier molecular flexibility index (Phi) is 6.78. The zero-order chi connectivity index (χ0) is 16.7. The fourth-order valence-corrected chi connectivity index (χ4v) is 1.68. The summed E-state index contributed by atoms with van der Waals surface area (Å²) in [6.07, 6.45) is 0.491. The van der Waals surface area contributed by atoms with Gasteiger partial charge in [0.2, 0.25) is 0 Å². The normalized spacial score (nSPS) is 11.6. The summed E-state index contributed by atoms with van der Waals surface area (Å²) in [5, 5.41) is 10.7. The van der Waals surface area contributed by atoms with Gasteiger partial charge in [-0.15, -0.1) is 0 Å². The average molecular weight is 330 g/mol. The number of hydrogen-bond donors (Lipinski definition) is 0. The van der Waals surface area contributed by atoms with Crippen molar-refractivity contribution in [3.05, 3.63) is 38.9 Å². The molecule has 1 rings (SSSR count). The lowest BCUT2D eigenvalue weighted by atomic mass is 10.2. The molecule has 1 aromatic rings. The molecule has 0 saturated heterocycles. The fraction of sp³-hybridized carbons (Fsp3) is 0.429. The summed E-state index contributed by atoms with van der Waals surface area (Å²) in [4.78, 5) is 33.5. The Labute approximate surface area is 132 Å². The second-order valence-electron chi connectivity index (χ2n) is 4.49. The first-order chi connectivity index (χ1) is 10.4. The lowest BCUT2D eigenvalue weighted by Crippen LogP contribution is -2.26. The van der Waals surface area contributed by atoms with Gasteiger partial charge in [0.25, 0.3) is 5.69 Å². The van der Waals surface area contributed by atoms with E-state index in [1.165, 1.54) is 19.1 Å². The van der Waals surface area contributed by atoms with Crippen LogP contribution in [0.15, 0.2) is 18.2 Å². The number of benzene rings is 1. The molecular formula is C14H16ClNO6. The third-order valence-corrected chi connectivity index (χ3v) is 3.06. The summed E-state index contributed by atoms with van der Waals surface area (Å²) >= 11 is 5.66. The molecule has 120 valence electrons. The summed E-state index contributed by atoms with van der Waals surface area (Å²) in [7, 11) is 0. The smallest absolute Gasteiger partial charge is 0.347 e. The van der Waals surface area contributed by atoms with Gasteiger partial charge >= 0.3 is 11.9 Å². The molecule has 8 heteroatoms. The van der Waals surface area contributed by atoms with Gasteiger partial charge in [-0.1, -0.05) is 24.9 Å². The number of unbranched alkanes of at least 4 members (excludes halogenated alkanes) is 1. The summed E-state index contributed by atoms with van der Waals surface area (Å²) in [6, 6.07) is 3.51. The molecule has 0 N–H and O–H groups in total. The molecule has 0 bridgehead atoms. The van der Waals surface area contributed by atoms with Gasteiger partial charge < -0.3 is 9.47 Å². The minimum absolute atomic E-state index is 0.0655. The molecule has 0 unspecified atom stereocenters. The summed E-state index contributed by atoms with van der Waals surface area (Å²) in [5.74, 6) is -1.52. The quantitative estimate of drug-likeness (QED) is 0.330. The third kappa shape index (κ3) is 5.00. The lowest BCUT2D eigenvalue weighted by Gasteiger charge is -2.12. The number of carbonyl (C=O) groups excluding carboxylic acids is 2. The molecule has 0 aliphatic carbocycles. The molecule has 0 aliphatic heterocycles. The van der Waals surface area contributed by atoms with Crippen LogP contribution in [0.1, 0.15) is 37.0 Å². The van der Waals surface area contributed by atoms with Gasteiger partial charge in [0.1, 0.15) is 5.02 Å². The highest BCUT2D eigenvalue weighted by atomic mass is 35.5. The molecule has 0 aromatic heterocycles. The van der Waals surface area contributed by atoms with Crippen LogP contribution in [0.3, 0.4) is 0 Å². The van der Waals surface area contributed by atoms with Gasteiger partial charge in [-0.3, -0.25) is 10.1 Å². The van der Waals surface area contributed by atoms with Gasteiger partial charge in [-0.25, -0.2) is 9.59 Å². The van der Waals surface area contributed by atoms with Gasteiger partial charge in [0.05, 0.1) is 17.1 Å². The number of ether oxygens (including phenoxy) is 2. The van der Waals surface area contributed by atoms with Crippen molar-refractivity contribution in [3.63, 3.8) is 0 Å². The maximum absolute atomic E-state index is 11.9. The van der Waals surface area contributed by atoms with Crippen LogP contribution >= 0.6 is 11.6 Å². The number of carbonyl (C=O) groups is 2. The Balaban J connectivity index is 2.70. The number of esters is 2. The van der Waals surface area contributed by atoms with Crippen LogP contribution in [0.4, 0.5) is 5.69 Å². The number of rotatable bonds is 7. The van der Waals surface area contributed by atoms with Crippen LogP contribution in [0, 0.1) is 10.1 Å². The van der Waals surface area contributed by atoms with Crippen LogP contribution in [0.2, 0.25) is 5.02 Å². The van der Waals surface area contributed by atoms with Crippen LogP contribution in [0.25, 0.3) is 0 Å². The van der Waals surface area contributed by atoms with E-state index in [-0.39, 0.29) is 17.2 Å². The Hall–Kier alpha value is -2.15. The van der Waals surface area contributed by atoms with Crippen molar-refractivity contribution in [2.75, 3.05) is 6.61 Å². The molecule has 0 spiro atoms. The first-order valence-corrected chi connectivity index (χ1v) is 7.06. The number of hydrogen-bond acceptors (Lipinski definition) is 6. The van der Waals surface area contributed by atoms with E-state index in [4.69, 9.17) is 21.1 Å². The van der Waals surface area contributed by atoms with Crippen molar-refractivity contribution in [2.24, 2.45) is 0 Å². The number of nitrogens with zero attached hydrogens (tertiary/aromatic N) is 1. The zero-order valence-corrected chi connectivity index (χ0v) is 13.0. The Bertz CT molecular complexity index is 574. The summed E-state index contributed by atoms with van der Waals surface area (Å²) < 4.78 is 9.84. The monoisotopic (exact) mass is 329 g/mol. The molecule has 1 aromatic carbocycles. The molecular weight excluding hydrogens is 314 g/mol. The molecule has 0 radical (unpaired) electrons. The number of nitro benzene ring substituents is 1. The van der Waals surface area contributed by atoms with Gasteiger partial charge in [-0.2, -0.15) is 0 Å². The maximum atomic E-state index is 11.9. The largest absolute Gasteiger partial charge is 0.463 e. The predicted octanol–water partition coefficient (Wildman–Crippen LogP) is 3.14. The van der Waals surface area contributed by atoms with Crippen LogP contribution < -0.4 is 0 Å². The minimum atomic E-state index is -1.10. The number of halogens is 1. The highest BCUT2D eigenvalue weighted by Gasteiger charge is 2.22. The molecule has 0 saturated carbocycles. The maximum Gasteiger partial charge on any atom is 0.347 e. The summed E-state index contributed by atoms with van der Waals surface area (Å²) in [6.45, 7) is 3.57. The van der Waals surface area contributed by atoms with Crippen molar-refractivity contribution in [1.29, 1.82) is 0 Å². The van der Waals surface area contributed by atoms with E-state index in [0.29, 0.717) is 0 Å². The Morgan fingerprint density at radius 2 is 2.09 bits per heavy atom. The molecule has 7 nitrogen and oxygen atoms in total. The van der Waals surface area contributed by atoms with Gasteiger partial charge in [0, 0.05) is 6.07 Å². The molecule has 22 heavy (non-hydrogen) atoms. The van der Waals surface area contributed by atoms with Crippen molar-refractivity contribution in [3.8, 4) is 0 Å². The van der Waals surface area contributed by atoms with E-state index in [2.05, 4.69) is 0 Å². The standard InChI is InChI=1S/C14H16ClNO6/c1-3-4-7-21-13(17)9(2)22-14(18)10-5-6-11(15)12(8-10)16(19)20/h5-6,8-9H,3-4,7H2,1-2H3/t9-/m0/s1. The lowest BCUT2D eigenvalue weighted by molar-refractivity contribution is -0.384. The van der Waals surface area contributed by atoms with E-state index in [1.54, 1.807) is 0 Å². The van der Waals surface area contributed by atoms with Gasteiger partial charge in [-0.05, 0) is 25.5 Å². The van der Waals surface area contributed by atoms with Crippen molar-refractivity contribution >= 4 is 29.2 Å². The van der Waals surface area contributed by atoms with E-state index >= 15 is 0 Å². The second-order valence-corrected chi connectivity index (χ2v) is 4.90. The van der Waals surface area contributed by atoms with Crippen molar-refractivity contribution in [2.45, 2.75) is 32.8 Å². The first-order valence-electron chi connectivity index (χ1n) is 6.68. The highest BCUT2D eigenvalue weighted by molar-refractivity contribution is 6.32. The highest BCUT2D eigenvalue weighted by Crippen LogP contribution is 2.25. The second kappa shape index (κ2) is 8.33. The number of nitro groups is 1.